The van der Waals surface area contributed by atoms with Crippen LogP contribution in [0.4, 0.5) is 0 Å². The van der Waals surface area contributed by atoms with Gasteiger partial charge in [-0.25, -0.2) is 4.79 Å². The molecule has 1 atom stereocenters. The summed E-state index contributed by atoms with van der Waals surface area (Å²) in [5.74, 6) is -0.912. The smallest absolute Gasteiger partial charge is 0.337 e. The van der Waals surface area contributed by atoms with Crippen molar-refractivity contribution in [3.63, 3.8) is 0 Å². The number of carboxylic acids is 1. The van der Waals surface area contributed by atoms with Gasteiger partial charge < -0.3 is 15.5 Å². The van der Waals surface area contributed by atoms with E-state index in [2.05, 4.69) is 5.32 Å². The van der Waals surface area contributed by atoms with Gasteiger partial charge in [0, 0.05) is 12.2 Å². The fourth-order valence-corrected chi connectivity index (χ4v) is 1.02. The van der Waals surface area contributed by atoms with Crippen LogP contribution in [0.5, 0.6) is 0 Å². The van der Waals surface area contributed by atoms with E-state index in [-0.39, 0.29) is 12.5 Å². The number of rotatable bonds is 6. The van der Waals surface area contributed by atoms with E-state index in [0.717, 1.165) is 6.92 Å². The lowest BCUT2D eigenvalue weighted by Crippen LogP contribution is -2.46. The molecule has 0 aromatic rings. The van der Waals surface area contributed by atoms with Crippen molar-refractivity contribution in [2.75, 3.05) is 18.6 Å². The van der Waals surface area contributed by atoms with Crippen molar-refractivity contribution in [1.29, 1.82) is 0 Å². The van der Waals surface area contributed by atoms with E-state index >= 15 is 0 Å². The van der Waals surface area contributed by atoms with E-state index in [1.165, 1.54) is 11.8 Å². The number of carboxylic acid groups (broad SMARTS) is 1. The lowest BCUT2D eigenvalue weighted by Gasteiger charge is -2.18. The van der Waals surface area contributed by atoms with Gasteiger partial charge in [0.15, 0.2) is 5.60 Å². The Kier molecular flexibility index (Phi) is 5.56. The minimum absolute atomic E-state index is 0.249. The Balaban J connectivity index is 3.82. The highest BCUT2D eigenvalue weighted by atomic mass is 32.2. The zero-order valence-electron chi connectivity index (χ0n) is 8.24. The maximum atomic E-state index is 11.0. The number of thioether (sulfide) groups is 1. The van der Waals surface area contributed by atoms with E-state index in [1.807, 2.05) is 6.26 Å². The Bertz CT molecular complexity index is 217. The number of amides is 1. The molecule has 1 amide bonds. The number of hydrogen-bond acceptors (Lipinski definition) is 4. The minimum Gasteiger partial charge on any atom is -0.479 e. The zero-order chi connectivity index (χ0) is 11.2. The largest absolute Gasteiger partial charge is 0.479 e. The van der Waals surface area contributed by atoms with Gasteiger partial charge >= 0.3 is 5.97 Å². The van der Waals surface area contributed by atoms with Crippen LogP contribution in [0.2, 0.25) is 0 Å². The molecule has 0 aliphatic carbocycles. The number of aliphatic carboxylic acids is 1. The van der Waals surface area contributed by atoms with Crippen LogP contribution in [-0.2, 0) is 9.59 Å². The first kappa shape index (κ1) is 13.2. The third-order valence-corrected chi connectivity index (χ3v) is 2.24. The molecule has 0 spiro atoms. The first-order chi connectivity index (χ1) is 6.40. The summed E-state index contributed by atoms with van der Waals surface area (Å²) in [7, 11) is 0. The normalized spacial score (nSPS) is 14.5. The van der Waals surface area contributed by atoms with E-state index < -0.39 is 11.6 Å². The SMILES string of the molecule is CSCCC(=O)NCC(C)(O)C(=O)O. The molecule has 5 nitrogen and oxygen atoms in total. The minimum atomic E-state index is -1.89. The average molecular weight is 221 g/mol. The summed E-state index contributed by atoms with van der Waals surface area (Å²) >= 11 is 1.53. The van der Waals surface area contributed by atoms with Crippen LogP contribution in [-0.4, -0.2) is 46.2 Å². The number of aliphatic hydroxyl groups is 1. The van der Waals surface area contributed by atoms with Gasteiger partial charge in [-0.2, -0.15) is 11.8 Å². The number of carbonyl (C=O) groups is 2. The molecule has 14 heavy (non-hydrogen) atoms. The molecule has 0 saturated heterocycles. The predicted molar refractivity (Wildman–Crippen MR) is 54.3 cm³/mol. The summed E-state index contributed by atoms with van der Waals surface area (Å²) in [5.41, 5.74) is -1.89. The fraction of sp³-hybridized carbons (Fsp3) is 0.750. The van der Waals surface area contributed by atoms with Gasteiger partial charge in [0.2, 0.25) is 5.91 Å². The van der Waals surface area contributed by atoms with Crippen molar-refractivity contribution in [2.24, 2.45) is 0 Å². The number of nitrogens with one attached hydrogen (secondary N) is 1. The quantitative estimate of drug-likeness (QED) is 0.573. The van der Waals surface area contributed by atoms with Crippen molar-refractivity contribution in [1.82, 2.24) is 5.32 Å². The van der Waals surface area contributed by atoms with Crippen LogP contribution in [0.15, 0.2) is 0 Å². The monoisotopic (exact) mass is 221 g/mol. The Morgan fingerprint density at radius 1 is 1.50 bits per heavy atom. The molecule has 0 heterocycles. The molecule has 0 aliphatic rings. The third kappa shape index (κ3) is 5.08. The van der Waals surface area contributed by atoms with Crippen LogP contribution in [0.25, 0.3) is 0 Å². The van der Waals surface area contributed by atoms with Gasteiger partial charge in [0.1, 0.15) is 0 Å². The molecule has 0 rings (SSSR count). The molecular formula is C8H15NO4S. The standard InChI is InChI=1S/C8H15NO4S/c1-8(13,7(11)12)5-9-6(10)3-4-14-2/h13H,3-5H2,1-2H3,(H,9,10)(H,11,12). The van der Waals surface area contributed by atoms with Crippen LogP contribution < -0.4 is 5.32 Å². The molecule has 0 aliphatic heterocycles. The summed E-state index contributed by atoms with van der Waals surface area (Å²) < 4.78 is 0. The van der Waals surface area contributed by atoms with Crippen LogP contribution in [0, 0.1) is 0 Å². The lowest BCUT2D eigenvalue weighted by molar-refractivity contribution is -0.156. The van der Waals surface area contributed by atoms with Crippen LogP contribution in [0.1, 0.15) is 13.3 Å². The highest BCUT2D eigenvalue weighted by Crippen LogP contribution is 2.01. The maximum absolute atomic E-state index is 11.0. The Morgan fingerprint density at radius 3 is 2.50 bits per heavy atom. The van der Waals surface area contributed by atoms with Crippen molar-refractivity contribution in [3.05, 3.63) is 0 Å². The molecule has 82 valence electrons. The molecule has 0 bridgehead atoms. The Labute approximate surface area is 86.9 Å². The molecule has 0 radical (unpaired) electrons. The maximum Gasteiger partial charge on any atom is 0.337 e. The molecule has 0 fully saturated rings. The van der Waals surface area contributed by atoms with Crippen molar-refractivity contribution in [3.8, 4) is 0 Å². The van der Waals surface area contributed by atoms with Gasteiger partial charge in [0.05, 0.1) is 6.54 Å². The summed E-state index contributed by atoms with van der Waals surface area (Å²) in [5, 5.41) is 20.1. The van der Waals surface area contributed by atoms with Crippen molar-refractivity contribution >= 4 is 23.6 Å². The molecule has 6 heteroatoms. The highest BCUT2D eigenvalue weighted by molar-refractivity contribution is 7.98. The van der Waals surface area contributed by atoms with E-state index in [4.69, 9.17) is 5.11 Å². The molecular weight excluding hydrogens is 206 g/mol. The zero-order valence-corrected chi connectivity index (χ0v) is 9.06. The number of hydrogen-bond donors (Lipinski definition) is 3. The molecule has 0 aromatic carbocycles. The van der Waals surface area contributed by atoms with E-state index in [0.29, 0.717) is 12.2 Å². The second-order valence-corrected chi connectivity index (χ2v) is 4.08. The van der Waals surface area contributed by atoms with Gasteiger partial charge in [-0.05, 0) is 13.2 Å². The van der Waals surface area contributed by atoms with Crippen LogP contribution >= 0.6 is 11.8 Å². The molecule has 3 N–H and O–H groups in total. The second-order valence-electron chi connectivity index (χ2n) is 3.10. The van der Waals surface area contributed by atoms with Crippen molar-refractivity contribution < 1.29 is 19.8 Å². The summed E-state index contributed by atoms with van der Waals surface area (Å²) in [6.45, 7) is 0.875. The van der Waals surface area contributed by atoms with Crippen LogP contribution in [0.3, 0.4) is 0 Å². The Hall–Kier alpha value is -0.750. The second kappa shape index (κ2) is 5.87. The van der Waals surface area contributed by atoms with E-state index in [9.17, 15) is 14.7 Å². The highest BCUT2D eigenvalue weighted by Gasteiger charge is 2.29. The summed E-state index contributed by atoms with van der Waals surface area (Å²) in [4.78, 5) is 21.5. The van der Waals surface area contributed by atoms with E-state index in [1.54, 1.807) is 0 Å². The van der Waals surface area contributed by atoms with Crippen molar-refractivity contribution in [2.45, 2.75) is 18.9 Å². The fourth-order valence-electron chi connectivity index (χ4n) is 0.629. The number of carbonyl (C=O) groups excluding carboxylic acids is 1. The predicted octanol–water partition coefficient (Wildman–Crippen LogP) is -0.309. The average Bonchev–Trinajstić information content (AvgIpc) is 2.11. The molecule has 0 aromatic heterocycles. The first-order valence-electron chi connectivity index (χ1n) is 4.11. The lowest BCUT2D eigenvalue weighted by atomic mass is 10.1. The van der Waals surface area contributed by atoms with Gasteiger partial charge in [-0.15, -0.1) is 0 Å². The summed E-state index contributed by atoms with van der Waals surface area (Å²) in [6, 6.07) is 0. The topological polar surface area (TPSA) is 86.6 Å². The summed E-state index contributed by atoms with van der Waals surface area (Å²) in [6.07, 6.45) is 2.21. The van der Waals surface area contributed by atoms with Gasteiger partial charge in [0.25, 0.3) is 0 Å². The third-order valence-electron chi connectivity index (χ3n) is 1.62. The van der Waals surface area contributed by atoms with Gasteiger partial charge in [-0.1, -0.05) is 0 Å². The molecule has 1 unspecified atom stereocenters. The van der Waals surface area contributed by atoms with Gasteiger partial charge in [-0.3, -0.25) is 4.79 Å². The first-order valence-corrected chi connectivity index (χ1v) is 5.51. The molecule has 0 saturated carbocycles. The Morgan fingerprint density at radius 2 is 2.07 bits per heavy atom.